The number of hydrogen-bond donors (Lipinski definition) is 1. The number of fused-ring (bicyclic) bond motifs is 1. The minimum atomic E-state index is 0.0315. The fraction of sp³-hybridized carbons (Fsp3) is 0.238. The molecule has 0 fully saturated rings. The molecule has 4 heteroatoms. The summed E-state index contributed by atoms with van der Waals surface area (Å²) in [4.78, 5) is 17.6. The number of pyridine rings is 1. The number of aromatic nitrogens is 2. The Bertz CT molecular complexity index is 940. The first kappa shape index (κ1) is 15.6. The minimum Gasteiger partial charge on any atom is -0.310 e. The van der Waals surface area contributed by atoms with Crippen LogP contribution in [0.15, 0.2) is 60.8 Å². The summed E-state index contributed by atoms with van der Waals surface area (Å²) < 4.78 is 1.98. The van der Waals surface area contributed by atoms with Crippen molar-refractivity contribution < 1.29 is 4.79 Å². The first-order valence-corrected chi connectivity index (χ1v) is 8.73. The Morgan fingerprint density at radius 1 is 1.16 bits per heavy atom. The lowest BCUT2D eigenvalue weighted by Crippen LogP contribution is -2.24. The molecule has 25 heavy (non-hydrogen) atoms. The SMILES string of the molecule is Cc1cccn2c(NC(=O)C3CC=CCC3)c(-c3ccccc3)nc12. The smallest absolute Gasteiger partial charge is 0.228 e. The summed E-state index contributed by atoms with van der Waals surface area (Å²) in [5, 5.41) is 3.16. The van der Waals surface area contributed by atoms with Crippen molar-refractivity contribution in [2.24, 2.45) is 5.92 Å². The lowest BCUT2D eigenvalue weighted by molar-refractivity contribution is -0.120. The Morgan fingerprint density at radius 3 is 2.76 bits per heavy atom. The van der Waals surface area contributed by atoms with Crippen molar-refractivity contribution >= 4 is 17.4 Å². The van der Waals surface area contributed by atoms with E-state index in [1.807, 2.05) is 60.0 Å². The van der Waals surface area contributed by atoms with E-state index >= 15 is 0 Å². The molecule has 0 saturated heterocycles. The molecule has 1 aliphatic carbocycles. The molecule has 0 aliphatic heterocycles. The van der Waals surface area contributed by atoms with Gasteiger partial charge in [-0.3, -0.25) is 9.20 Å². The van der Waals surface area contributed by atoms with Crippen LogP contribution in [0.4, 0.5) is 5.82 Å². The van der Waals surface area contributed by atoms with Gasteiger partial charge in [-0.2, -0.15) is 0 Å². The van der Waals surface area contributed by atoms with Gasteiger partial charge < -0.3 is 5.32 Å². The summed E-state index contributed by atoms with van der Waals surface area (Å²) in [6.07, 6.45) is 8.89. The van der Waals surface area contributed by atoms with Crippen LogP contribution in [0.2, 0.25) is 0 Å². The molecule has 1 unspecified atom stereocenters. The zero-order valence-electron chi connectivity index (χ0n) is 14.3. The Hall–Kier alpha value is -2.88. The van der Waals surface area contributed by atoms with Gasteiger partial charge in [0, 0.05) is 17.7 Å². The summed E-state index contributed by atoms with van der Waals surface area (Å²) in [6, 6.07) is 14.0. The highest BCUT2D eigenvalue weighted by Gasteiger charge is 2.23. The lowest BCUT2D eigenvalue weighted by Gasteiger charge is -2.17. The van der Waals surface area contributed by atoms with Crippen LogP contribution >= 0.6 is 0 Å². The van der Waals surface area contributed by atoms with Crippen LogP contribution in [-0.4, -0.2) is 15.3 Å². The number of nitrogens with one attached hydrogen (secondary N) is 1. The normalized spacial score (nSPS) is 16.9. The third-order valence-electron chi connectivity index (χ3n) is 4.77. The Balaban J connectivity index is 1.79. The molecule has 0 radical (unpaired) electrons. The fourth-order valence-electron chi connectivity index (χ4n) is 3.37. The van der Waals surface area contributed by atoms with E-state index in [1.54, 1.807) is 0 Å². The molecule has 4 nitrogen and oxygen atoms in total. The van der Waals surface area contributed by atoms with Crippen molar-refractivity contribution in [3.63, 3.8) is 0 Å². The number of allylic oxidation sites excluding steroid dienone is 2. The van der Waals surface area contributed by atoms with Crippen molar-refractivity contribution in [1.82, 2.24) is 9.38 Å². The molecule has 2 heterocycles. The summed E-state index contributed by atoms with van der Waals surface area (Å²) in [6.45, 7) is 2.04. The Labute approximate surface area is 147 Å². The Kier molecular flexibility index (Phi) is 4.10. The molecule has 4 rings (SSSR count). The van der Waals surface area contributed by atoms with Gasteiger partial charge in [0.15, 0.2) is 0 Å². The molecule has 2 aromatic heterocycles. The van der Waals surface area contributed by atoms with Crippen LogP contribution in [0, 0.1) is 12.8 Å². The predicted molar refractivity (Wildman–Crippen MR) is 100 cm³/mol. The molecule has 0 bridgehead atoms. The van der Waals surface area contributed by atoms with Crippen molar-refractivity contribution in [1.29, 1.82) is 0 Å². The molecule has 126 valence electrons. The maximum Gasteiger partial charge on any atom is 0.228 e. The van der Waals surface area contributed by atoms with E-state index in [0.717, 1.165) is 47.5 Å². The van der Waals surface area contributed by atoms with Gasteiger partial charge in [-0.25, -0.2) is 4.98 Å². The number of imidazole rings is 1. The van der Waals surface area contributed by atoms with Gasteiger partial charge in [-0.15, -0.1) is 0 Å². The van der Waals surface area contributed by atoms with E-state index in [1.165, 1.54) is 0 Å². The largest absolute Gasteiger partial charge is 0.310 e. The van der Waals surface area contributed by atoms with Crippen LogP contribution in [0.5, 0.6) is 0 Å². The highest BCUT2D eigenvalue weighted by Crippen LogP contribution is 2.31. The summed E-state index contributed by atoms with van der Waals surface area (Å²) in [5.41, 5.74) is 3.78. The number of benzene rings is 1. The summed E-state index contributed by atoms with van der Waals surface area (Å²) >= 11 is 0. The topological polar surface area (TPSA) is 46.4 Å². The van der Waals surface area contributed by atoms with E-state index in [2.05, 4.69) is 17.5 Å². The van der Waals surface area contributed by atoms with E-state index in [9.17, 15) is 4.79 Å². The number of aryl methyl sites for hydroxylation is 1. The molecule has 0 spiro atoms. The number of carbonyl (C=O) groups is 1. The van der Waals surface area contributed by atoms with Crippen LogP contribution in [0.3, 0.4) is 0 Å². The van der Waals surface area contributed by atoms with Crippen molar-refractivity contribution in [3.8, 4) is 11.3 Å². The second kappa shape index (κ2) is 6.55. The summed E-state index contributed by atoms with van der Waals surface area (Å²) in [7, 11) is 0. The molecular weight excluding hydrogens is 310 g/mol. The number of hydrogen-bond acceptors (Lipinski definition) is 2. The van der Waals surface area contributed by atoms with E-state index in [4.69, 9.17) is 4.98 Å². The molecule has 3 aromatic rings. The van der Waals surface area contributed by atoms with E-state index in [0.29, 0.717) is 0 Å². The first-order chi connectivity index (χ1) is 12.2. The van der Waals surface area contributed by atoms with Gasteiger partial charge in [0.1, 0.15) is 17.2 Å². The minimum absolute atomic E-state index is 0.0315. The molecule has 0 saturated carbocycles. The molecule has 1 aromatic carbocycles. The van der Waals surface area contributed by atoms with Gasteiger partial charge in [-0.1, -0.05) is 48.6 Å². The zero-order valence-corrected chi connectivity index (χ0v) is 14.3. The second-order valence-corrected chi connectivity index (χ2v) is 6.53. The molecule has 1 amide bonds. The zero-order chi connectivity index (χ0) is 17.2. The lowest BCUT2D eigenvalue weighted by atomic mass is 9.93. The quantitative estimate of drug-likeness (QED) is 0.713. The predicted octanol–water partition coefficient (Wildman–Crippen LogP) is 4.60. The third kappa shape index (κ3) is 2.95. The highest BCUT2D eigenvalue weighted by molar-refractivity contribution is 5.96. The van der Waals surface area contributed by atoms with Crippen LogP contribution in [0.1, 0.15) is 24.8 Å². The fourth-order valence-corrected chi connectivity index (χ4v) is 3.37. The average Bonchev–Trinajstić information content (AvgIpc) is 3.03. The van der Waals surface area contributed by atoms with Crippen LogP contribution in [0.25, 0.3) is 16.9 Å². The maximum atomic E-state index is 12.8. The molecule has 1 atom stereocenters. The van der Waals surface area contributed by atoms with Gasteiger partial charge in [0.25, 0.3) is 0 Å². The monoisotopic (exact) mass is 331 g/mol. The van der Waals surface area contributed by atoms with E-state index in [-0.39, 0.29) is 11.8 Å². The third-order valence-corrected chi connectivity index (χ3v) is 4.77. The van der Waals surface area contributed by atoms with Gasteiger partial charge >= 0.3 is 0 Å². The van der Waals surface area contributed by atoms with Crippen LogP contribution in [-0.2, 0) is 4.79 Å². The van der Waals surface area contributed by atoms with Gasteiger partial charge in [0.2, 0.25) is 5.91 Å². The summed E-state index contributed by atoms with van der Waals surface area (Å²) in [5.74, 6) is 0.860. The average molecular weight is 331 g/mol. The number of anilines is 1. The molecular formula is C21H21N3O. The van der Waals surface area contributed by atoms with E-state index < -0.39 is 0 Å². The maximum absolute atomic E-state index is 12.8. The first-order valence-electron chi connectivity index (χ1n) is 8.73. The highest BCUT2D eigenvalue weighted by atomic mass is 16.2. The number of rotatable bonds is 3. The Morgan fingerprint density at radius 2 is 2.00 bits per heavy atom. The van der Waals surface area contributed by atoms with Gasteiger partial charge in [0.05, 0.1) is 0 Å². The number of carbonyl (C=O) groups excluding carboxylic acids is 1. The van der Waals surface area contributed by atoms with Gasteiger partial charge in [-0.05, 0) is 37.8 Å². The number of amides is 1. The standard InChI is InChI=1S/C21H21N3O/c1-15-9-8-14-24-19(15)22-18(16-10-4-2-5-11-16)20(24)23-21(25)17-12-6-3-7-13-17/h2-6,8-11,14,17H,7,12-13H2,1H3,(H,23,25). The number of nitrogens with zero attached hydrogens (tertiary/aromatic N) is 2. The molecule has 1 aliphatic rings. The van der Waals surface area contributed by atoms with Crippen LogP contribution < -0.4 is 5.32 Å². The van der Waals surface area contributed by atoms with Crippen molar-refractivity contribution in [2.45, 2.75) is 26.2 Å². The van der Waals surface area contributed by atoms with Crippen molar-refractivity contribution in [3.05, 3.63) is 66.4 Å². The second-order valence-electron chi connectivity index (χ2n) is 6.53. The van der Waals surface area contributed by atoms with Crippen molar-refractivity contribution in [2.75, 3.05) is 5.32 Å². The molecule has 1 N–H and O–H groups in total.